The Morgan fingerprint density at radius 1 is 0.450 bits per heavy atom. The Morgan fingerprint density at radius 3 is 1.18 bits per heavy atom. The maximum Gasteiger partial charge on any atom is 0.305 e. The van der Waals surface area contributed by atoms with Crippen LogP contribution in [-0.4, -0.2) is 47.4 Å². The molecule has 1 amide bonds. The Morgan fingerprint density at radius 2 is 0.783 bits per heavy atom. The van der Waals surface area contributed by atoms with Gasteiger partial charge >= 0.3 is 5.97 Å². The molecule has 0 aliphatic carbocycles. The van der Waals surface area contributed by atoms with E-state index in [0.717, 1.165) is 57.8 Å². The van der Waals surface area contributed by atoms with Crippen molar-refractivity contribution in [2.45, 2.75) is 309 Å². The molecule has 356 valence electrons. The number of hydrogen-bond donors (Lipinski definition) is 3. The molecule has 0 saturated carbocycles. The van der Waals surface area contributed by atoms with Crippen LogP contribution in [0.2, 0.25) is 0 Å². The van der Waals surface area contributed by atoms with E-state index in [1.54, 1.807) is 0 Å². The summed E-state index contributed by atoms with van der Waals surface area (Å²) in [6.07, 6.45) is 57.5. The number of carbonyl (C=O) groups is 2. The van der Waals surface area contributed by atoms with Gasteiger partial charge in [0.25, 0.3) is 0 Å². The minimum absolute atomic E-state index is 0.0255. The fourth-order valence-electron chi connectivity index (χ4n) is 8.40. The first-order valence-corrected chi connectivity index (χ1v) is 26.9. The summed E-state index contributed by atoms with van der Waals surface area (Å²) < 4.78 is 5.46. The summed E-state index contributed by atoms with van der Waals surface area (Å²) in [6, 6.07) is -0.558. The van der Waals surface area contributed by atoms with E-state index < -0.39 is 12.1 Å². The number of carbonyl (C=O) groups excluding carboxylic acids is 2. The lowest BCUT2D eigenvalue weighted by atomic mass is 10.0. The molecule has 3 N–H and O–H groups in total. The Hall–Kier alpha value is -1.40. The van der Waals surface area contributed by atoms with Gasteiger partial charge in [0, 0.05) is 12.8 Å². The number of allylic oxidation sites excluding steroid dienone is 2. The van der Waals surface area contributed by atoms with E-state index >= 15 is 0 Å². The highest BCUT2D eigenvalue weighted by Crippen LogP contribution is 2.17. The Labute approximate surface area is 374 Å². The number of rotatable bonds is 50. The van der Waals surface area contributed by atoms with E-state index in [1.807, 2.05) is 0 Å². The smallest absolute Gasteiger partial charge is 0.305 e. The average molecular weight is 848 g/mol. The molecule has 0 aromatic rings. The van der Waals surface area contributed by atoms with Gasteiger partial charge in [0.2, 0.25) is 5.91 Å². The molecular formula is C54H105NO5. The van der Waals surface area contributed by atoms with E-state index in [1.165, 1.54) is 205 Å². The minimum Gasteiger partial charge on any atom is -0.466 e. The number of esters is 1. The fraction of sp³-hybridized carbons (Fsp3) is 0.926. The molecule has 6 nitrogen and oxygen atoms in total. The van der Waals surface area contributed by atoms with Crippen LogP contribution in [0.5, 0.6) is 0 Å². The van der Waals surface area contributed by atoms with Crippen molar-refractivity contribution in [1.29, 1.82) is 0 Å². The fourth-order valence-corrected chi connectivity index (χ4v) is 8.40. The number of hydrogen-bond acceptors (Lipinski definition) is 5. The lowest BCUT2D eigenvalue weighted by Gasteiger charge is -2.22. The number of aliphatic hydroxyl groups is 2. The van der Waals surface area contributed by atoms with E-state index in [0.29, 0.717) is 25.9 Å². The molecule has 0 saturated heterocycles. The molecule has 6 heteroatoms. The van der Waals surface area contributed by atoms with E-state index in [4.69, 9.17) is 4.74 Å². The van der Waals surface area contributed by atoms with Crippen molar-refractivity contribution in [3.63, 3.8) is 0 Å². The van der Waals surface area contributed by atoms with Gasteiger partial charge in [0.1, 0.15) is 0 Å². The molecule has 0 radical (unpaired) electrons. The highest BCUT2D eigenvalue weighted by Gasteiger charge is 2.20. The summed E-state index contributed by atoms with van der Waals surface area (Å²) in [5.41, 5.74) is 0. The second-order valence-corrected chi connectivity index (χ2v) is 18.6. The molecule has 0 bridgehead atoms. The molecule has 0 fully saturated rings. The van der Waals surface area contributed by atoms with Crippen molar-refractivity contribution in [3.8, 4) is 0 Å². The van der Waals surface area contributed by atoms with Gasteiger partial charge in [-0.2, -0.15) is 0 Å². The number of unbranched alkanes of at least 4 members (excludes halogenated alkanes) is 37. The summed E-state index contributed by atoms with van der Waals surface area (Å²) in [6.45, 7) is 4.91. The van der Waals surface area contributed by atoms with Gasteiger partial charge in [0.15, 0.2) is 0 Å². The van der Waals surface area contributed by atoms with Crippen LogP contribution in [0.1, 0.15) is 296 Å². The molecule has 0 spiro atoms. The molecule has 2 unspecified atom stereocenters. The van der Waals surface area contributed by atoms with Crippen LogP contribution < -0.4 is 5.32 Å². The molecule has 0 rings (SSSR count). The normalized spacial score (nSPS) is 12.7. The van der Waals surface area contributed by atoms with Crippen molar-refractivity contribution in [2.75, 3.05) is 13.2 Å². The molecule has 0 aromatic carbocycles. The first-order chi connectivity index (χ1) is 29.5. The average Bonchev–Trinajstić information content (AvgIpc) is 3.25. The predicted molar refractivity (Wildman–Crippen MR) is 260 cm³/mol. The van der Waals surface area contributed by atoms with Crippen molar-refractivity contribution in [3.05, 3.63) is 12.2 Å². The predicted octanol–water partition coefficient (Wildman–Crippen LogP) is 16.1. The standard InChI is InChI=1S/C54H105NO5/c1-3-5-7-9-11-13-15-17-19-21-22-24-26-30-34-38-42-46-52(57)51(50-56)55-53(58)47-43-39-35-31-28-29-33-37-41-45-49-60-54(59)48-44-40-36-32-27-25-23-20-18-16-14-12-10-8-6-4-2/h20,23,51-52,56-57H,3-19,21-22,24-50H2,1-2H3,(H,55,58)/b23-20-. The lowest BCUT2D eigenvalue weighted by Crippen LogP contribution is -2.45. The second kappa shape index (κ2) is 50.2. The largest absolute Gasteiger partial charge is 0.466 e. The van der Waals surface area contributed by atoms with Gasteiger partial charge < -0.3 is 20.3 Å². The lowest BCUT2D eigenvalue weighted by molar-refractivity contribution is -0.143. The summed E-state index contributed by atoms with van der Waals surface area (Å²) in [4.78, 5) is 24.5. The molecule has 0 aromatic heterocycles. The number of ether oxygens (including phenoxy) is 1. The van der Waals surface area contributed by atoms with Crippen molar-refractivity contribution >= 4 is 11.9 Å². The van der Waals surface area contributed by atoms with E-state index in [-0.39, 0.29) is 18.5 Å². The van der Waals surface area contributed by atoms with E-state index in [9.17, 15) is 19.8 Å². The van der Waals surface area contributed by atoms with Gasteiger partial charge in [-0.3, -0.25) is 9.59 Å². The van der Waals surface area contributed by atoms with Crippen LogP contribution in [-0.2, 0) is 14.3 Å². The summed E-state index contributed by atoms with van der Waals surface area (Å²) >= 11 is 0. The zero-order chi connectivity index (χ0) is 43.7. The van der Waals surface area contributed by atoms with Crippen LogP contribution in [0, 0.1) is 0 Å². The van der Waals surface area contributed by atoms with Crippen molar-refractivity contribution < 1.29 is 24.5 Å². The SMILES string of the molecule is CCCCCCCCC/C=C\CCCCCCCC(=O)OCCCCCCCCCCCCC(=O)NC(CO)C(O)CCCCCCCCCCCCCCCCCCC. The summed E-state index contributed by atoms with van der Waals surface area (Å²) in [7, 11) is 0. The third kappa shape index (κ3) is 46.1. The van der Waals surface area contributed by atoms with Crippen LogP contribution >= 0.6 is 0 Å². The highest BCUT2D eigenvalue weighted by molar-refractivity contribution is 5.76. The van der Waals surface area contributed by atoms with Gasteiger partial charge in [-0.05, 0) is 51.4 Å². The molecule has 0 aliphatic heterocycles. The van der Waals surface area contributed by atoms with Crippen LogP contribution in [0.15, 0.2) is 12.2 Å². The molecule has 0 heterocycles. The van der Waals surface area contributed by atoms with Gasteiger partial charge in [-0.1, -0.05) is 244 Å². The molecule has 2 atom stereocenters. The monoisotopic (exact) mass is 848 g/mol. The second-order valence-electron chi connectivity index (χ2n) is 18.6. The topological polar surface area (TPSA) is 95.9 Å². The molecule has 60 heavy (non-hydrogen) atoms. The Kier molecular flexibility index (Phi) is 49.1. The number of amides is 1. The Balaban J connectivity index is 3.47. The zero-order valence-corrected chi connectivity index (χ0v) is 40.5. The third-order valence-electron chi connectivity index (χ3n) is 12.6. The van der Waals surface area contributed by atoms with Gasteiger partial charge in [-0.25, -0.2) is 0 Å². The van der Waals surface area contributed by atoms with Crippen LogP contribution in [0.3, 0.4) is 0 Å². The van der Waals surface area contributed by atoms with Crippen molar-refractivity contribution in [2.24, 2.45) is 0 Å². The summed E-state index contributed by atoms with van der Waals surface area (Å²) in [5, 5.41) is 23.3. The van der Waals surface area contributed by atoms with Gasteiger partial charge in [0.05, 0.1) is 25.4 Å². The first kappa shape index (κ1) is 58.6. The number of aliphatic hydroxyl groups excluding tert-OH is 2. The Bertz CT molecular complexity index is 893. The maximum absolute atomic E-state index is 12.5. The van der Waals surface area contributed by atoms with Crippen molar-refractivity contribution in [1.82, 2.24) is 5.32 Å². The maximum atomic E-state index is 12.5. The summed E-state index contributed by atoms with van der Waals surface area (Å²) in [5.74, 6) is -0.0815. The zero-order valence-electron chi connectivity index (χ0n) is 40.5. The molecular weight excluding hydrogens is 743 g/mol. The van der Waals surface area contributed by atoms with E-state index in [2.05, 4.69) is 31.3 Å². The molecule has 0 aliphatic rings. The quantitative estimate of drug-likeness (QED) is 0.0322. The number of nitrogens with one attached hydrogen (secondary N) is 1. The highest BCUT2D eigenvalue weighted by atomic mass is 16.5. The van der Waals surface area contributed by atoms with Crippen LogP contribution in [0.4, 0.5) is 0 Å². The first-order valence-electron chi connectivity index (χ1n) is 26.9. The minimum atomic E-state index is -0.679. The van der Waals surface area contributed by atoms with Gasteiger partial charge in [-0.15, -0.1) is 0 Å². The third-order valence-corrected chi connectivity index (χ3v) is 12.6. The van der Waals surface area contributed by atoms with Crippen LogP contribution in [0.25, 0.3) is 0 Å².